The minimum absolute atomic E-state index is 0.126. The van der Waals surface area contributed by atoms with E-state index in [1.54, 1.807) is 29.2 Å². The first kappa shape index (κ1) is 35.4. The molecule has 2 fully saturated rings. The molecule has 242 valence electrons. The SMILES string of the molecule is CC1CC(O)(c2ccc(C#N)cc2)CCN1C(=O)OC(C)(C)C.CC1CC(c2ccc(C#N)cc2)CCN1C(=O)OC(C)(C)C. The van der Waals surface area contributed by atoms with Gasteiger partial charge in [0.25, 0.3) is 0 Å². The third kappa shape index (κ3) is 9.96. The molecule has 2 saturated heterocycles. The zero-order valence-electron chi connectivity index (χ0n) is 28.0. The van der Waals surface area contributed by atoms with Crippen LogP contribution in [0.3, 0.4) is 0 Å². The van der Waals surface area contributed by atoms with Gasteiger partial charge in [0.15, 0.2) is 0 Å². The molecule has 2 aliphatic rings. The van der Waals surface area contributed by atoms with Gasteiger partial charge in [-0.1, -0.05) is 24.3 Å². The van der Waals surface area contributed by atoms with Crippen molar-refractivity contribution in [2.45, 2.75) is 116 Å². The number of nitriles is 2. The number of benzene rings is 2. The molecule has 0 aliphatic carbocycles. The number of hydrogen-bond acceptors (Lipinski definition) is 7. The van der Waals surface area contributed by atoms with Gasteiger partial charge in [-0.2, -0.15) is 10.5 Å². The molecule has 0 radical (unpaired) electrons. The Morgan fingerprint density at radius 1 is 0.800 bits per heavy atom. The summed E-state index contributed by atoms with van der Waals surface area (Å²) in [7, 11) is 0. The molecule has 45 heavy (non-hydrogen) atoms. The van der Waals surface area contributed by atoms with Crippen LogP contribution in [-0.2, 0) is 15.1 Å². The molecule has 9 nitrogen and oxygen atoms in total. The van der Waals surface area contributed by atoms with Gasteiger partial charge in [-0.05, 0) is 116 Å². The molecule has 4 unspecified atom stereocenters. The number of rotatable bonds is 2. The van der Waals surface area contributed by atoms with E-state index >= 15 is 0 Å². The lowest BCUT2D eigenvalue weighted by atomic mass is 9.81. The van der Waals surface area contributed by atoms with Crippen molar-refractivity contribution in [2.75, 3.05) is 13.1 Å². The maximum absolute atomic E-state index is 12.2. The third-order valence-corrected chi connectivity index (χ3v) is 8.13. The Labute approximate surface area is 268 Å². The predicted octanol–water partition coefficient (Wildman–Crippen LogP) is 7.23. The Morgan fingerprint density at radius 2 is 1.27 bits per heavy atom. The monoisotopic (exact) mass is 616 g/mol. The number of carbonyl (C=O) groups excluding carboxylic acids is 2. The van der Waals surface area contributed by atoms with Crippen molar-refractivity contribution in [3.63, 3.8) is 0 Å². The quantitative estimate of drug-likeness (QED) is 0.377. The first-order valence-electron chi connectivity index (χ1n) is 15.7. The third-order valence-electron chi connectivity index (χ3n) is 8.13. The molecule has 0 spiro atoms. The number of hydrogen-bond donors (Lipinski definition) is 1. The molecule has 2 aromatic rings. The Kier molecular flexibility index (Phi) is 11.3. The smallest absolute Gasteiger partial charge is 0.410 e. The standard InChI is InChI=1S/C18H24N2O3.C18H24N2O2/c1-13-11-18(22,15-7-5-14(12-19)6-8-15)9-10-20(13)16(21)23-17(2,3)4;1-13-11-16(15-7-5-14(12-19)6-8-15)9-10-20(13)17(21)22-18(2,3)4/h5-8,13,22H,9-11H2,1-4H3;5-8,13,16H,9-11H2,1-4H3. The first-order chi connectivity index (χ1) is 20.9. The van der Waals surface area contributed by atoms with Crippen molar-refractivity contribution in [3.05, 3.63) is 70.8 Å². The highest BCUT2D eigenvalue weighted by molar-refractivity contribution is 5.69. The van der Waals surface area contributed by atoms with Crippen LogP contribution >= 0.6 is 0 Å². The molecule has 9 heteroatoms. The molecule has 0 saturated carbocycles. The van der Waals surface area contributed by atoms with Crippen LogP contribution < -0.4 is 0 Å². The van der Waals surface area contributed by atoms with Gasteiger partial charge in [-0.15, -0.1) is 0 Å². The lowest BCUT2D eigenvalue weighted by Crippen LogP contribution is -2.51. The maximum atomic E-state index is 12.2. The van der Waals surface area contributed by atoms with E-state index in [0.29, 0.717) is 43.0 Å². The molecule has 2 aromatic carbocycles. The maximum Gasteiger partial charge on any atom is 0.410 e. The van der Waals surface area contributed by atoms with Crippen molar-refractivity contribution < 1.29 is 24.2 Å². The van der Waals surface area contributed by atoms with Gasteiger partial charge in [0.05, 0.1) is 28.9 Å². The molecule has 2 aliphatic heterocycles. The van der Waals surface area contributed by atoms with Gasteiger partial charge in [-0.25, -0.2) is 9.59 Å². The zero-order valence-corrected chi connectivity index (χ0v) is 28.0. The van der Waals surface area contributed by atoms with E-state index in [0.717, 1.165) is 18.4 Å². The predicted molar refractivity (Wildman–Crippen MR) is 172 cm³/mol. The highest BCUT2D eigenvalue weighted by Gasteiger charge is 2.40. The molecule has 2 heterocycles. The average Bonchev–Trinajstić information content (AvgIpc) is 2.95. The van der Waals surface area contributed by atoms with Crippen LogP contribution in [-0.4, -0.2) is 63.5 Å². The molecule has 4 rings (SSSR count). The van der Waals surface area contributed by atoms with Gasteiger partial charge in [0.1, 0.15) is 11.2 Å². The molecule has 1 N–H and O–H groups in total. The Bertz CT molecular complexity index is 1400. The number of nitrogens with zero attached hydrogens (tertiary/aromatic N) is 4. The number of amides is 2. The van der Waals surface area contributed by atoms with Crippen molar-refractivity contribution in [1.82, 2.24) is 9.80 Å². The number of likely N-dealkylation sites (tertiary alicyclic amines) is 2. The van der Waals surface area contributed by atoms with Gasteiger partial charge in [0.2, 0.25) is 0 Å². The lowest BCUT2D eigenvalue weighted by Gasteiger charge is -2.43. The second kappa shape index (κ2) is 14.3. The molecule has 2 amide bonds. The highest BCUT2D eigenvalue weighted by Crippen LogP contribution is 2.36. The molecule has 4 atom stereocenters. The van der Waals surface area contributed by atoms with E-state index in [1.165, 1.54) is 5.56 Å². The van der Waals surface area contributed by atoms with Crippen LogP contribution in [0, 0.1) is 22.7 Å². The summed E-state index contributed by atoms with van der Waals surface area (Å²) in [4.78, 5) is 28.0. The lowest BCUT2D eigenvalue weighted by molar-refractivity contribution is -0.0546. The summed E-state index contributed by atoms with van der Waals surface area (Å²) in [6.07, 6.45) is 2.17. The first-order valence-corrected chi connectivity index (χ1v) is 15.7. The van der Waals surface area contributed by atoms with E-state index in [2.05, 4.69) is 19.1 Å². The molecular formula is C36H48N4O5. The second-order valence-electron chi connectivity index (χ2n) is 14.2. The summed E-state index contributed by atoms with van der Waals surface area (Å²) in [5.41, 5.74) is 1.31. The number of aliphatic hydroxyl groups is 1. The normalized spacial score (nSPS) is 23.5. The van der Waals surface area contributed by atoms with Crippen LogP contribution in [0.2, 0.25) is 0 Å². The minimum Gasteiger partial charge on any atom is -0.444 e. The topological polar surface area (TPSA) is 127 Å². The Balaban J connectivity index is 0.000000246. The van der Waals surface area contributed by atoms with E-state index in [1.807, 2.05) is 77.6 Å². The van der Waals surface area contributed by atoms with Gasteiger partial charge in [0, 0.05) is 31.6 Å². The van der Waals surface area contributed by atoms with Crippen LogP contribution in [0.4, 0.5) is 9.59 Å². The average molecular weight is 617 g/mol. The summed E-state index contributed by atoms with van der Waals surface area (Å²) in [5.74, 6) is 0.432. The van der Waals surface area contributed by atoms with Crippen LogP contribution in [0.15, 0.2) is 48.5 Å². The fraction of sp³-hybridized carbons (Fsp3) is 0.556. The number of carbonyl (C=O) groups is 2. The van der Waals surface area contributed by atoms with E-state index in [4.69, 9.17) is 20.0 Å². The minimum atomic E-state index is -0.980. The van der Waals surface area contributed by atoms with Crippen LogP contribution in [0.1, 0.15) is 109 Å². The second-order valence-corrected chi connectivity index (χ2v) is 14.2. The van der Waals surface area contributed by atoms with E-state index in [-0.39, 0.29) is 24.3 Å². The number of ether oxygens (including phenoxy) is 2. The summed E-state index contributed by atoms with van der Waals surface area (Å²) < 4.78 is 10.9. The summed E-state index contributed by atoms with van der Waals surface area (Å²) in [6.45, 7) is 16.3. The number of piperidine rings is 2. The van der Waals surface area contributed by atoms with Crippen molar-refractivity contribution >= 4 is 12.2 Å². The summed E-state index contributed by atoms with van der Waals surface area (Å²) in [6, 6.07) is 19.0. The van der Waals surface area contributed by atoms with Crippen LogP contribution in [0.25, 0.3) is 0 Å². The molecule has 0 bridgehead atoms. The molecular weight excluding hydrogens is 568 g/mol. The van der Waals surface area contributed by atoms with Crippen molar-refractivity contribution in [1.29, 1.82) is 10.5 Å². The Hall–Kier alpha value is -4.08. The fourth-order valence-corrected chi connectivity index (χ4v) is 5.83. The highest BCUT2D eigenvalue weighted by atomic mass is 16.6. The van der Waals surface area contributed by atoms with E-state index in [9.17, 15) is 14.7 Å². The Morgan fingerprint density at radius 3 is 1.69 bits per heavy atom. The van der Waals surface area contributed by atoms with Gasteiger partial charge < -0.3 is 24.4 Å². The molecule has 0 aromatic heterocycles. The van der Waals surface area contributed by atoms with Crippen LogP contribution in [0.5, 0.6) is 0 Å². The van der Waals surface area contributed by atoms with E-state index < -0.39 is 16.8 Å². The fourth-order valence-electron chi connectivity index (χ4n) is 5.83. The summed E-state index contributed by atoms with van der Waals surface area (Å²) in [5, 5.41) is 28.7. The van der Waals surface area contributed by atoms with Crippen molar-refractivity contribution in [2.24, 2.45) is 0 Å². The zero-order chi connectivity index (χ0) is 33.6. The largest absolute Gasteiger partial charge is 0.444 e. The van der Waals surface area contributed by atoms with Gasteiger partial charge in [-0.3, -0.25) is 0 Å². The van der Waals surface area contributed by atoms with Gasteiger partial charge >= 0.3 is 12.2 Å². The van der Waals surface area contributed by atoms with Crippen molar-refractivity contribution in [3.8, 4) is 12.1 Å². The summed E-state index contributed by atoms with van der Waals surface area (Å²) >= 11 is 0.